The van der Waals surface area contributed by atoms with Gasteiger partial charge < -0.3 is 14.5 Å². The fourth-order valence-corrected chi connectivity index (χ4v) is 4.01. The molecule has 29 heavy (non-hydrogen) atoms. The number of para-hydroxylation sites is 1. The zero-order valence-electron chi connectivity index (χ0n) is 16.9. The number of amides is 2. The van der Waals surface area contributed by atoms with Crippen molar-refractivity contribution in [3.8, 4) is 5.75 Å². The van der Waals surface area contributed by atoms with E-state index >= 15 is 0 Å². The first kappa shape index (κ1) is 19.4. The molecule has 1 saturated heterocycles. The lowest BCUT2D eigenvalue weighted by Gasteiger charge is -2.41. The van der Waals surface area contributed by atoms with Crippen LogP contribution >= 0.6 is 0 Å². The van der Waals surface area contributed by atoms with E-state index in [1.54, 1.807) is 18.0 Å². The summed E-state index contributed by atoms with van der Waals surface area (Å²) in [7, 11) is 0. The Morgan fingerprint density at radius 1 is 1.10 bits per heavy atom. The molecule has 0 bridgehead atoms. The molecule has 0 spiro atoms. The first-order valence-corrected chi connectivity index (χ1v) is 10.2. The van der Waals surface area contributed by atoms with E-state index in [1.807, 2.05) is 47.0 Å². The van der Waals surface area contributed by atoms with Crippen LogP contribution in [0, 0.1) is 12.8 Å². The third-order valence-electron chi connectivity index (χ3n) is 5.93. The van der Waals surface area contributed by atoms with Gasteiger partial charge in [-0.3, -0.25) is 9.59 Å². The van der Waals surface area contributed by atoms with E-state index in [-0.39, 0.29) is 23.8 Å². The molecule has 2 aromatic rings. The highest BCUT2D eigenvalue weighted by atomic mass is 16.5. The van der Waals surface area contributed by atoms with Gasteiger partial charge in [-0.2, -0.15) is 0 Å². The number of hydrogen-bond donors (Lipinski definition) is 0. The van der Waals surface area contributed by atoms with Gasteiger partial charge in [0.15, 0.2) is 6.10 Å². The van der Waals surface area contributed by atoms with Gasteiger partial charge in [-0.1, -0.05) is 23.4 Å². The number of rotatable bonds is 5. The molecule has 154 valence electrons. The molecule has 1 aromatic carbocycles. The molecule has 8 nitrogen and oxygen atoms in total. The Morgan fingerprint density at radius 3 is 2.45 bits per heavy atom. The van der Waals surface area contributed by atoms with Crippen molar-refractivity contribution in [2.24, 2.45) is 5.92 Å². The number of aryl methyl sites for hydroxylation is 1. The highest BCUT2D eigenvalue weighted by molar-refractivity contribution is 5.82. The summed E-state index contributed by atoms with van der Waals surface area (Å²) in [4.78, 5) is 29.2. The largest absolute Gasteiger partial charge is 0.481 e. The van der Waals surface area contributed by atoms with E-state index in [4.69, 9.17) is 4.74 Å². The van der Waals surface area contributed by atoms with Crippen molar-refractivity contribution in [2.75, 3.05) is 26.2 Å². The molecule has 0 radical (unpaired) electrons. The van der Waals surface area contributed by atoms with E-state index in [2.05, 4.69) is 10.3 Å². The minimum atomic E-state index is -0.548. The zero-order valence-corrected chi connectivity index (χ0v) is 16.9. The van der Waals surface area contributed by atoms with Gasteiger partial charge in [0.1, 0.15) is 5.75 Å². The number of hydrogen-bond acceptors (Lipinski definition) is 5. The maximum absolute atomic E-state index is 12.7. The van der Waals surface area contributed by atoms with Crippen molar-refractivity contribution in [3.05, 3.63) is 42.2 Å². The fraction of sp³-hybridized carbons (Fsp3) is 0.524. The average molecular weight is 397 g/mol. The predicted octanol–water partition coefficient (Wildman–Crippen LogP) is 1.68. The lowest BCUT2D eigenvalue weighted by Crippen LogP contribution is -2.55. The first-order valence-electron chi connectivity index (χ1n) is 10.2. The molecule has 2 fully saturated rings. The van der Waals surface area contributed by atoms with Crippen LogP contribution in [0.5, 0.6) is 5.75 Å². The van der Waals surface area contributed by atoms with Crippen LogP contribution < -0.4 is 4.74 Å². The van der Waals surface area contributed by atoms with E-state index < -0.39 is 6.10 Å². The topological polar surface area (TPSA) is 80.6 Å². The molecule has 1 aromatic heterocycles. The van der Waals surface area contributed by atoms with Gasteiger partial charge in [0.05, 0.1) is 12.2 Å². The van der Waals surface area contributed by atoms with Crippen LogP contribution in [0.3, 0.4) is 0 Å². The molecule has 1 aliphatic carbocycles. The molecule has 1 unspecified atom stereocenters. The molecule has 0 N–H and O–H groups in total. The molecule has 1 aliphatic heterocycles. The summed E-state index contributed by atoms with van der Waals surface area (Å²) >= 11 is 0. The molecule has 4 rings (SSSR count). The minimum Gasteiger partial charge on any atom is -0.481 e. The second-order valence-electron chi connectivity index (χ2n) is 7.88. The van der Waals surface area contributed by atoms with Crippen molar-refractivity contribution in [3.63, 3.8) is 0 Å². The van der Waals surface area contributed by atoms with Gasteiger partial charge in [-0.05, 0) is 38.3 Å². The van der Waals surface area contributed by atoms with Crippen LogP contribution in [0.25, 0.3) is 0 Å². The predicted molar refractivity (Wildman–Crippen MR) is 106 cm³/mol. The molecular weight excluding hydrogens is 370 g/mol. The quantitative estimate of drug-likeness (QED) is 0.767. The monoisotopic (exact) mass is 397 g/mol. The molecule has 1 saturated carbocycles. The smallest absolute Gasteiger partial charge is 0.263 e. The molecule has 8 heteroatoms. The van der Waals surface area contributed by atoms with Crippen LogP contribution in [0.2, 0.25) is 0 Å². The van der Waals surface area contributed by atoms with E-state index in [9.17, 15) is 9.59 Å². The summed E-state index contributed by atoms with van der Waals surface area (Å²) in [5.74, 6) is 0.941. The molecule has 2 amide bonds. The van der Waals surface area contributed by atoms with Crippen LogP contribution in [-0.2, 0) is 9.59 Å². The SMILES string of the molecule is Cc1ccccc1OC(C)C(=O)N1CCN(C(=O)C2CC(n3ccnn3)C2)CC1. The van der Waals surface area contributed by atoms with Crippen molar-refractivity contribution < 1.29 is 14.3 Å². The Labute approximate surface area is 170 Å². The van der Waals surface area contributed by atoms with Crippen molar-refractivity contribution >= 4 is 11.8 Å². The van der Waals surface area contributed by atoms with Crippen LogP contribution in [0.4, 0.5) is 0 Å². The van der Waals surface area contributed by atoms with Gasteiger partial charge in [0.25, 0.3) is 5.91 Å². The highest BCUT2D eigenvalue weighted by Gasteiger charge is 2.39. The van der Waals surface area contributed by atoms with Crippen molar-refractivity contribution in [2.45, 2.75) is 38.8 Å². The number of aromatic nitrogens is 3. The average Bonchev–Trinajstić information content (AvgIpc) is 3.22. The summed E-state index contributed by atoms with van der Waals surface area (Å²) in [5.41, 5.74) is 1.01. The maximum atomic E-state index is 12.7. The second kappa shape index (κ2) is 8.23. The van der Waals surface area contributed by atoms with Crippen LogP contribution in [-0.4, -0.2) is 68.9 Å². The number of ether oxygens (including phenoxy) is 1. The fourth-order valence-electron chi connectivity index (χ4n) is 4.01. The zero-order chi connectivity index (χ0) is 20.4. The summed E-state index contributed by atoms with van der Waals surface area (Å²) in [6, 6.07) is 7.96. The Balaban J connectivity index is 1.24. The Hall–Kier alpha value is -2.90. The van der Waals surface area contributed by atoms with Crippen molar-refractivity contribution in [1.29, 1.82) is 0 Å². The number of nitrogens with zero attached hydrogens (tertiary/aromatic N) is 5. The normalized spacial score (nSPS) is 22.7. The third-order valence-corrected chi connectivity index (χ3v) is 5.93. The summed E-state index contributed by atoms with van der Waals surface area (Å²) in [5, 5.41) is 7.84. The summed E-state index contributed by atoms with van der Waals surface area (Å²) in [6.45, 7) is 5.99. The Morgan fingerprint density at radius 2 is 1.79 bits per heavy atom. The molecular formula is C21H27N5O3. The van der Waals surface area contributed by atoms with E-state index in [0.29, 0.717) is 26.2 Å². The number of carbonyl (C=O) groups is 2. The summed E-state index contributed by atoms with van der Waals surface area (Å²) < 4.78 is 7.69. The van der Waals surface area contributed by atoms with Gasteiger partial charge in [-0.25, -0.2) is 4.68 Å². The number of piperazine rings is 1. The molecule has 2 heterocycles. The number of benzene rings is 1. The maximum Gasteiger partial charge on any atom is 0.263 e. The van der Waals surface area contributed by atoms with Crippen LogP contribution in [0.15, 0.2) is 36.7 Å². The van der Waals surface area contributed by atoms with Gasteiger partial charge in [-0.15, -0.1) is 5.10 Å². The standard InChI is InChI=1S/C21H27N5O3/c1-15-5-3-4-6-19(15)29-16(2)20(27)24-9-11-25(12-10-24)21(28)17-13-18(14-17)26-8-7-22-23-26/h3-8,16-18H,9-14H2,1-2H3. The molecule has 1 atom stereocenters. The second-order valence-corrected chi connectivity index (χ2v) is 7.88. The lowest BCUT2D eigenvalue weighted by atomic mass is 9.79. The van der Waals surface area contributed by atoms with Gasteiger partial charge in [0.2, 0.25) is 5.91 Å². The number of carbonyl (C=O) groups excluding carboxylic acids is 2. The minimum absolute atomic E-state index is 0.0322. The van der Waals surface area contributed by atoms with Gasteiger partial charge >= 0.3 is 0 Å². The lowest BCUT2D eigenvalue weighted by molar-refractivity contribution is -0.147. The highest BCUT2D eigenvalue weighted by Crippen LogP contribution is 2.38. The van der Waals surface area contributed by atoms with Gasteiger partial charge in [0, 0.05) is 38.3 Å². The summed E-state index contributed by atoms with van der Waals surface area (Å²) in [6.07, 6.45) is 4.57. The van der Waals surface area contributed by atoms with Crippen LogP contribution in [0.1, 0.15) is 31.4 Å². The Kier molecular flexibility index (Phi) is 5.51. The van der Waals surface area contributed by atoms with E-state index in [1.165, 1.54) is 0 Å². The van der Waals surface area contributed by atoms with E-state index in [0.717, 1.165) is 24.2 Å². The van der Waals surface area contributed by atoms with Crippen molar-refractivity contribution in [1.82, 2.24) is 24.8 Å². The Bertz CT molecular complexity index is 855. The molecule has 2 aliphatic rings. The third kappa shape index (κ3) is 4.11. The first-order chi connectivity index (χ1) is 14.0.